The van der Waals surface area contributed by atoms with Crippen LogP contribution in [0.4, 0.5) is 10.2 Å². The van der Waals surface area contributed by atoms with Gasteiger partial charge in [-0.2, -0.15) is 0 Å². The Morgan fingerprint density at radius 3 is 3.05 bits per heavy atom. The van der Waals surface area contributed by atoms with Crippen LogP contribution in [-0.4, -0.2) is 30.0 Å². The van der Waals surface area contributed by atoms with Gasteiger partial charge < -0.3 is 10.2 Å². The summed E-state index contributed by atoms with van der Waals surface area (Å²) in [6.07, 6.45) is 7.41. The second-order valence-electron chi connectivity index (χ2n) is 5.41. The molecule has 1 aliphatic carbocycles. The van der Waals surface area contributed by atoms with E-state index in [1.807, 2.05) is 4.90 Å². The Morgan fingerprint density at radius 2 is 2.35 bits per heavy atom. The molecule has 1 aromatic heterocycles. The number of hydrogen-bond acceptors (Lipinski definition) is 3. The average Bonchev–Trinajstić information content (AvgIpc) is 2.83. The van der Waals surface area contributed by atoms with Crippen LogP contribution < -0.4 is 10.2 Å². The third-order valence-electron chi connectivity index (χ3n) is 3.90. The van der Waals surface area contributed by atoms with Gasteiger partial charge in [0, 0.05) is 31.4 Å². The quantitative estimate of drug-likeness (QED) is 0.858. The first-order valence-electron chi connectivity index (χ1n) is 7.08. The van der Waals surface area contributed by atoms with Crippen molar-refractivity contribution in [3.63, 3.8) is 0 Å². The van der Waals surface area contributed by atoms with E-state index in [4.69, 9.17) is 0 Å². The smallest absolute Gasteiger partial charge is 0.244 e. The number of amides is 1. The predicted octanol–water partition coefficient (Wildman–Crippen LogP) is 2.03. The molecule has 20 heavy (non-hydrogen) atoms. The number of allylic oxidation sites excluding steroid dienone is 1. The highest BCUT2D eigenvalue weighted by Crippen LogP contribution is 2.25. The minimum absolute atomic E-state index is 0.0203. The molecule has 4 nitrogen and oxygen atoms in total. The Morgan fingerprint density at radius 1 is 1.50 bits per heavy atom. The van der Waals surface area contributed by atoms with E-state index < -0.39 is 0 Å². The summed E-state index contributed by atoms with van der Waals surface area (Å²) < 4.78 is 13.7. The van der Waals surface area contributed by atoms with Crippen molar-refractivity contribution in [2.75, 3.05) is 18.0 Å². The van der Waals surface area contributed by atoms with Crippen LogP contribution in [0, 0.1) is 5.82 Å². The summed E-state index contributed by atoms with van der Waals surface area (Å²) >= 11 is 0. The van der Waals surface area contributed by atoms with Crippen LogP contribution >= 0.6 is 0 Å². The minimum atomic E-state index is -0.309. The van der Waals surface area contributed by atoms with E-state index in [2.05, 4.69) is 10.3 Å². The maximum atomic E-state index is 13.7. The lowest BCUT2D eigenvalue weighted by atomic mass is 9.92. The highest BCUT2D eigenvalue weighted by Gasteiger charge is 2.26. The summed E-state index contributed by atoms with van der Waals surface area (Å²) in [6, 6.07) is 3.06. The number of aromatic nitrogens is 1. The molecule has 1 N–H and O–H groups in total. The molecule has 1 saturated heterocycles. The van der Waals surface area contributed by atoms with Gasteiger partial charge in [0.2, 0.25) is 5.91 Å². The van der Waals surface area contributed by atoms with E-state index in [0.717, 1.165) is 25.8 Å². The maximum absolute atomic E-state index is 13.7. The van der Waals surface area contributed by atoms with Gasteiger partial charge in [-0.05, 0) is 37.8 Å². The van der Waals surface area contributed by atoms with Crippen molar-refractivity contribution in [3.8, 4) is 0 Å². The average molecular weight is 275 g/mol. The second-order valence-corrected chi connectivity index (χ2v) is 5.41. The highest BCUT2D eigenvalue weighted by molar-refractivity contribution is 5.88. The van der Waals surface area contributed by atoms with Crippen LogP contribution in [0.1, 0.15) is 25.7 Å². The molecule has 2 aliphatic rings. The number of nitrogens with one attached hydrogen (secondary N) is 1. The molecule has 0 radical (unpaired) electrons. The molecular weight excluding hydrogens is 257 g/mol. The Labute approximate surface area is 117 Å². The third kappa shape index (κ3) is 2.81. The lowest BCUT2D eigenvalue weighted by Crippen LogP contribution is -2.36. The first-order chi connectivity index (χ1) is 9.72. The molecule has 3 rings (SSSR count). The molecule has 1 unspecified atom stereocenters. The van der Waals surface area contributed by atoms with Gasteiger partial charge in [0.25, 0.3) is 0 Å². The number of rotatable bonds is 3. The van der Waals surface area contributed by atoms with Gasteiger partial charge in [-0.3, -0.25) is 4.79 Å². The van der Waals surface area contributed by atoms with Gasteiger partial charge in [0.15, 0.2) is 11.6 Å². The Hall–Kier alpha value is -1.91. The minimum Gasteiger partial charge on any atom is -0.352 e. The summed E-state index contributed by atoms with van der Waals surface area (Å²) in [5.74, 6) is 0.0469. The van der Waals surface area contributed by atoms with Crippen molar-refractivity contribution in [1.29, 1.82) is 0 Å². The lowest BCUT2D eigenvalue weighted by molar-refractivity contribution is -0.117. The van der Waals surface area contributed by atoms with Crippen LogP contribution in [-0.2, 0) is 4.79 Å². The number of carbonyl (C=O) groups excluding carboxylic acids is 1. The molecule has 2 fully saturated rings. The van der Waals surface area contributed by atoms with Crippen LogP contribution in [0.2, 0.25) is 0 Å². The van der Waals surface area contributed by atoms with E-state index in [-0.39, 0.29) is 17.8 Å². The van der Waals surface area contributed by atoms with Gasteiger partial charge in [-0.25, -0.2) is 9.37 Å². The number of hydrogen-bond donors (Lipinski definition) is 1. The largest absolute Gasteiger partial charge is 0.352 e. The summed E-state index contributed by atoms with van der Waals surface area (Å²) in [5.41, 5.74) is 1.23. The highest BCUT2D eigenvalue weighted by atomic mass is 19.1. The molecule has 2 heterocycles. The number of carbonyl (C=O) groups is 1. The van der Waals surface area contributed by atoms with Crippen molar-refractivity contribution < 1.29 is 9.18 Å². The fourth-order valence-electron chi connectivity index (χ4n) is 2.63. The number of nitrogens with zero attached hydrogens (tertiary/aromatic N) is 2. The number of halogens is 1. The Balaban J connectivity index is 1.57. The van der Waals surface area contributed by atoms with Gasteiger partial charge in [0.1, 0.15) is 0 Å². The summed E-state index contributed by atoms with van der Waals surface area (Å²) in [7, 11) is 0. The van der Waals surface area contributed by atoms with Crippen molar-refractivity contribution in [3.05, 3.63) is 35.8 Å². The van der Waals surface area contributed by atoms with E-state index in [1.54, 1.807) is 18.3 Å². The van der Waals surface area contributed by atoms with Crippen LogP contribution in [0.3, 0.4) is 0 Å². The zero-order valence-electron chi connectivity index (χ0n) is 11.3. The van der Waals surface area contributed by atoms with E-state index >= 15 is 0 Å². The number of pyridine rings is 1. The van der Waals surface area contributed by atoms with Gasteiger partial charge in [-0.15, -0.1) is 0 Å². The molecule has 0 spiro atoms. The third-order valence-corrected chi connectivity index (χ3v) is 3.90. The normalized spacial score (nSPS) is 21.6. The van der Waals surface area contributed by atoms with E-state index in [9.17, 15) is 9.18 Å². The standard InChI is InChI=1S/C15H18FN3O/c16-13-5-2-7-17-15(13)19-8-6-12(10-19)18-14(20)9-11-3-1-4-11/h2,5,7,9,12H,1,3-4,6,8,10H2,(H,18,20). The van der Waals surface area contributed by atoms with Crippen LogP contribution in [0.5, 0.6) is 0 Å². The molecule has 106 valence electrons. The summed E-state index contributed by atoms with van der Waals surface area (Å²) in [4.78, 5) is 17.8. The van der Waals surface area contributed by atoms with Crippen molar-refractivity contribution in [2.24, 2.45) is 0 Å². The van der Waals surface area contributed by atoms with Crippen molar-refractivity contribution in [2.45, 2.75) is 31.7 Å². The molecule has 0 bridgehead atoms. The van der Waals surface area contributed by atoms with Gasteiger partial charge in [-0.1, -0.05) is 5.57 Å². The second kappa shape index (κ2) is 5.61. The maximum Gasteiger partial charge on any atom is 0.244 e. The predicted molar refractivity (Wildman–Crippen MR) is 74.9 cm³/mol. The Kier molecular flexibility index (Phi) is 3.67. The van der Waals surface area contributed by atoms with Crippen molar-refractivity contribution in [1.82, 2.24) is 10.3 Å². The first kappa shape index (κ1) is 13.1. The van der Waals surface area contributed by atoms with E-state index in [0.29, 0.717) is 12.4 Å². The summed E-state index contributed by atoms with van der Waals surface area (Å²) in [6.45, 7) is 1.33. The lowest BCUT2D eigenvalue weighted by Gasteiger charge is -2.19. The first-order valence-corrected chi connectivity index (χ1v) is 7.08. The molecule has 1 saturated carbocycles. The molecule has 0 aromatic carbocycles. The SMILES string of the molecule is O=C(C=C1CCC1)NC1CCN(c2ncccc2F)C1. The Bertz CT molecular complexity index is 538. The van der Waals surface area contributed by atoms with Crippen LogP contribution in [0.15, 0.2) is 30.0 Å². The van der Waals surface area contributed by atoms with Gasteiger partial charge in [0.05, 0.1) is 0 Å². The fraction of sp³-hybridized carbons (Fsp3) is 0.467. The number of anilines is 1. The van der Waals surface area contributed by atoms with Gasteiger partial charge >= 0.3 is 0 Å². The van der Waals surface area contributed by atoms with Crippen LogP contribution in [0.25, 0.3) is 0 Å². The molecule has 1 amide bonds. The zero-order chi connectivity index (χ0) is 13.9. The molecule has 1 aromatic rings. The summed E-state index contributed by atoms with van der Waals surface area (Å²) in [5, 5.41) is 2.99. The topological polar surface area (TPSA) is 45.2 Å². The van der Waals surface area contributed by atoms with E-state index in [1.165, 1.54) is 18.1 Å². The monoisotopic (exact) mass is 275 g/mol. The molecular formula is C15H18FN3O. The van der Waals surface area contributed by atoms with Crippen molar-refractivity contribution >= 4 is 11.7 Å². The molecule has 5 heteroatoms. The fourth-order valence-corrected chi connectivity index (χ4v) is 2.63. The molecule has 1 aliphatic heterocycles. The zero-order valence-corrected chi connectivity index (χ0v) is 11.3. The molecule has 1 atom stereocenters.